The van der Waals surface area contributed by atoms with Crippen molar-refractivity contribution < 1.29 is 24.2 Å². The van der Waals surface area contributed by atoms with Gasteiger partial charge in [-0.1, -0.05) is 29.5 Å². The van der Waals surface area contributed by atoms with Gasteiger partial charge in [-0.2, -0.15) is 5.10 Å². The Labute approximate surface area is 178 Å². The fourth-order valence-corrected chi connectivity index (χ4v) is 3.92. The van der Waals surface area contributed by atoms with Crippen LogP contribution < -0.4 is 14.4 Å². The number of aryl methyl sites for hydroxylation is 1. The summed E-state index contributed by atoms with van der Waals surface area (Å²) in [6.45, 7) is 1.94. The molecular weight excluding hydrogens is 406 g/mol. The summed E-state index contributed by atoms with van der Waals surface area (Å²) in [5.74, 6) is -0.214. The number of amidine groups is 1. The molecule has 2 aromatic rings. The van der Waals surface area contributed by atoms with E-state index in [1.807, 2.05) is 19.1 Å². The average Bonchev–Trinajstić information content (AvgIpc) is 3.03. The van der Waals surface area contributed by atoms with E-state index in [0.717, 1.165) is 22.9 Å². The predicted octanol–water partition coefficient (Wildman–Crippen LogP) is 3.33. The first-order valence-corrected chi connectivity index (χ1v) is 9.93. The number of carboxylic acids is 1. The zero-order valence-electron chi connectivity index (χ0n) is 16.7. The third kappa shape index (κ3) is 4.80. The van der Waals surface area contributed by atoms with Gasteiger partial charge in [-0.05, 0) is 42.8 Å². The Bertz CT molecular complexity index is 1000. The zero-order valence-corrected chi connectivity index (χ0v) is 17.5. The number of aliphatic carboxylic acids is 1. The van der Waals surface area contributed by atoms with Gasteiger partial charge >= 0.3 is 5.97 Å². The molecule has 0 saturated carbocycles. The molecule has 1 aliphatic rings. The van der Waals surface area contributed by atoms with Crippen LogP contribution in [0.4, 0.5) is 5.69 Å². The molecule has 30 heavy (non-hydrogen) atoms. The van der Waals surface area contributed by atoms with Crippen LogP contribution in [0.2, 0.25) is 0 Å². The van der Waals surface area contributed by atoms with Gasteiger partial charge in [0.2, 0.25) is 5.91 Å². The third-order valence-corrected chi connectivity index (χ3v) is 5.47. The standard InChI is InChI=1S/C21H21N3O5S/c1-13-4-7-15(8-5-13)24-20(27)18(11-19(25)26)30-21(24)23-22-12-14-6-9-16(28-2)17(10-14)29-3/h4-10,12,18H,11H2,1-3H3,(H,25,26)/b22-12-,23-21+/t18-/m0/s1. The molecule has 0 bridgehead atoms. The lowest BCUT2D eigenvalue weighted by molar-refractivity contribution is -0.138. The highest BCUT2D eigenvalue weighted by molar-refractivity contribution is 8.16. The van der Waals surface area contributed by atoms with Gasteiger partial charge in [0.05, 0.1) is 32.5 Å². The number of amides is 1. The Morgan fingerprint density at radius 2 is 1.87 bits per heavy atom. The minimum Gasteiger partial charge on any atom is -0.493 e. The average molecular weight is 427 g/mol. The number of ether oxygens (including phenoxy) is 2. The number of benzene rings is 2. The number of nitrogens with zero attached hydrogens (tertiary/aromatic N) is 3. The summed E-state index contributed by atoms with van der Waals surface area (Å²) in [5.41, 5.74) is 2.39. The number of carboxylic acid groups (broad SMARTS) is 1. The molecule has 1 amide bonds. The summed E-state index contributed by atoms with van der Waals surface area (Å²) in [6, 6.07) is 12.6. The van der Waals surface area contributed by atoms with Crippen molar-refractivity contribution >= 4 is 40.7 Å². The Balaban J connectivity index is 1.89. The SMILES string of the molecule is COc1ccc(/C=N\N=C2\S[C@@H](CC(=O)O)C(=O)N2c2ccc(C)cc2)cc1OC. The number of hydrogen-bond acceptors (Lipinski definition) is 7. The molecule has 0 aromatic heterocycles. The highest BCUT2D eigenvalue weighted by Gasteiger charge is 2.40. The van der Waals surface area contributed by atoms with E-state index < -0.39 is 11.2 Å². The second-order valence-electron chi connectivity index (χ2n) is 6.46. The molecular formula is C21H21N3O5S. The van der Waals surface area contributed by atoms with Gasteiger partial charge in [0.1, 0.15) is 5.25 Å². The molecule has 1 atom stereocenters. The number of carbonyl (C=O) groups is 2. The molecule has 0 spiro atoms. The summed E-state index contributed by atoms with van der Waals surface area (Å²) in [5, 5.41) is 17.0. The number of methoxy groups -OCH3 is 2. The number of rotatable bonds is 7. The molecule has 0 aliphatic carbocycles. The van der Waals surface area contributed by atoms with Crippen molar-refractivity contribution in [1.82, 2.24) is 0 Å². The van der Waals surface area contributed by atoms with Crippen molar-refractivity contribution in [1.29, 1.82) is 0 Å². The van der Waals surface area contributed by atoms with E-state index >= 15 is 0 Å². The molecule has 1 N–H and O–H groups in total. The minimum atomic E-state index is -1.04. The summed E-state index contributed by atoms with van der Waals surface area (Å²) < 4.78 is 10.5. The number of carbonyl (C=O) groups excluding carboxylic acids is 1. The monoisotopic (exact) mass is 427 g/mol. The first-order valence-electron chi connectivity index (χ1n) is 9.05. The van der Waals surface area contributed by atoms with Crippen molar-refractivity contribution in [2.24, 2.45) is 10.2 Å². The van der Waals surface area contributed by atoms with E-state index in [2.05, 4.69) is 10.2 Å². The predicted molar refractivity (Wildman–Crippen MR) is 117 cm³/mol. The highest BCUT2D eigenvalue weighted by Crippen LogP contribution is 2.34. The van der Waals surface area contributed by atoms with Gasteiger partial charge in [0.15, 0.2) is 16.7 Å². The van der Waals surface area contributed by atoms with E-state index in [0.29, 0.717) is 22.4 Å². The van der Waals surface area contributed by atoms with Gasteiger partial charge in [-0.15, -0.1) is 5.10 Å². The first kappa shape index (κ1) is 21.4. The first-order chi connectivity index (χ1) is 14.4. The normalized spacial score (nSPS) is 17.7. The zero-order chi connectivity index (χ0) is 21.7. The molecule has 3 rings (SSSR count). The molecule has 0 radical (unpaired) electrons. The van der Waals surface area contributed by atoms with Crippen LogP contribution in [-0.4, -0.2) is 47.8 Å². The van der Waals surface area contributed by atoms with Gasteiger partial charge in [-0.3, -0.25) is 14.5 Å². The summed E-state index contributed by atoms with van der Waals surface area (Å²) >= 11 is 1.09. The minimum absolute atomic E-state index is 0.287. The number of thioether (sulfide) groups is 1. The number of hydrogen-bond donors (Lipinski definition) is 1. The lowest BCUT2D eigenvalue weighted by atomic mass is 10.2. The maximum Gasteiger partial charge on any atom is 0.305 e. The van der Waals surface area contributed by atoms with Gasteiger partial charge in [-0.25, -0.2) is 0 Å². The molecule has 1 saturated heterocycles. The fourth-order valence-electron chi connectivity index (χ4n) is 2.83. The second-order valence-corrected chi connectivity index (χ2v) is 7.63. The number of anilines is 1. The Morgan fingerprint density at radius 1 is 1.17 bits per heavy atom. The van der Waals surface area contributed by atoms with Crippen molar-refractivity contribution in [3.8, 4) is 11.5 Å². The van der Waals surface area contributed by atoms with Crippen molar-refractivity contribution in [3.63, 3.8) is 0 Å². The fraction of sp³-hybridized carbons (Fsp3) is 0.238. The van der Waals surface area contributed by atoms with Crippen LogP contribution in [0.5, 0.6) is 11.5 Å². The topological polar surface area (TPSA) is 101 Å². The lowest BCUT2D eigenvalue weighted by Gasteiger charge is -2.15. The van der Waals surface area contributed by atoms with Crippen LogP contribution in [0.1, 0.15) is 17.5 Å². The maximum absolute atomic E-state index is 12.8. The molecule has 2 aromatic carbocycles. The van der Waals surface area contributed by atoms with Crippen LogP contribution in [0.25, 0.3) is 0 Å². The van der Waals surface area contributed by atoms with E-state index in [1.165, 1.54) is 11.1 Å². The van der Waals surface area contributed by atoms with Crippen molar-refractivity contribution in [2.75, 3.05) is 19.1 Å². The molecule has 0 unspecified atom stereocenters. The lowest BCUT2D eigenvalue weighted by Crippen LogP contribution is -2.32. The molecule has 156 valence electrons. The van der Waals surface area contributed by atoms with Crippen molar-refractivity contribution in [3.05, 3.63) is 53.6 Å². The van der Waals surface area contributed by atoms with E-state index in [4.69, 9.17) is 14.6 Å². The van der Waals surface area contributed by atoms with Crippen LogP contribution in [0.15, 0.2) is 52.7 Å². The molecule has 1 fully saturated rings. The van der Waals surface area contributed by atoms with Gasteiger partial charge < -0.3 is 14.6 Å². The largest absolute Gasteiger partial charge is 0.493 e. The highest BCUT2D eigenvalue weighted by atomic mass is 32.2. The molecule has 1 heterocycles. The molecule has 1 aliphatic heterocycles. The Kier molecular flexibility index (Phi) is 6.73. The summed E-state index contributed by atoms with van der Waals surface area (Å²) in [4.78, 5) is 25.3. The van der Waals surface area contributed by atoms with Crippen molar-refractivity contribution in [2.45, 2.75) is 18.6 Å². The maximum atomic E-state index is 12.8. The van der Waals surface area contributed by atoms with Crippen LogP contribution in [-0.2, 0) is 9.59 Å². The quantitative estimate of drug-likeness (QED) is 0.537. The molecule has 9 heteroatoms. The summed E-state index contributed by atoms with van der Waals surface area (Å²) in [6.07, 6.45) is 1.24. The van der Waals surface area contributed by atoms with Crippen LogP contribution in [0.3, 0.4) is 0 Å². The van der Waals surface area contributed by atoms with Gasteiger partial charge in [0.25, 0.3) is 0 Å². The summed E-state index contributed by atoms with van der Waals surface area (Å²) in [7, 11) is 3.10. The Morgan fingerprint density at radius 3 is 2.50 bits per heavy atom. The third-order valence-electron chi connectivity index (χ3n) is 4.34. The van der Waals surface area contributed by atoms with Crippen LogP contribution in [0, 0.1) is 6.92 Å². The smallest absolute Gasteiger partial charge is 0.305 e. The van der Waals surface area contributed by atoms with Crippen LogP contribution >= 0.6 is 11.8 Å². The second kappa shape index (κ2) is 9.45. The Hall–Kier alpha value is -3.33. The van der Waals surface area contributed by atoms with E-state index in [-0.39, 0.29) is 12.3 Å². The molecule has 8 nitrogen and oxygen atoms in total. The van der Waals surface area contributed by atoms with Gasteiger partial charge in [0, 0.05) is 0 Å². The van der Waals surface area contributed by atoms with E-state index in [9.17, 15) is 9.59 Å². The van der Waals surface area contributed by atoms with E-state index in [1.54, 1.807) is 44.6 Å².